The predicted molar refractivity (Wildman–Crippen MR) is 87.2 cm³/mol. The zero-order chi connectivity index (χ0) is 20.3. The molecule has 2 atom stereocenters. The number of hydrogen-bond donors (Lipinski definition) is 1. The van der Waals surface area contributed by atoms with E-state index in [1.54, 1.807) is 27.7 Å². The van der Waals surface area contributed by atoms with Crippen LogP contribution in [0.3, 0.4) is 0 Å². The third-order valence-electron chi connectivity index (χ3n) is 3.87. The second-order valence-electron chi connectivity index (χ2n) is 7.48. The van der Waals surface area contributed by atoms with Gasteiger partial charge in [0.2, 0.25) is 11.8 Å². The number of nitrogens with one attached hydrogen (secondary N) is 1. The normalized spacial score (nSPS) is 19.3. The first-order valence-electron chi connectivity index (χ1n) is 8.27. The van der Waals surface area contributed by atoms with Gasteiger partial charge in [-0.15, -0.1) is 0 Å². The van der Waals surface area contributed by atoms with E-state index >= 15 is 0 Å². The summed E-state index contributed by atoms with van der Waals surface area (Å²) in [4.78, 5) is 37.6. The third kappa shape index (κ3) is 7.09. The van der Waals surface area contributed by atoms with Crippen LogP contribution in [-0.2, 0) is 14.3 Å². The molecule has 0 saturated carbocycles. The minimum absolute atomic E-state index is 0.0958. The molecule has 1 fully saturated rings. The van der Waals surface area contributed by atoms with Crippen LogP contribution < -0.4 is 5.32 Å². The zero-order valence-electron chi connectivity index (χ0n) is 15.6. The summed E-state index contributed by atoms with van der Waals surface area (Å²) in [6, 6.07) is -0.391. The minimum atomic E-state index is -4.49. The molecule has 150 valence electrons. The van der Waals surface area contributed by atoms with Gasteiger partial charge in [-0.3, -0.25) is 9.59 Å². The lowest BCUT2D eigenvalue weighted by atomic mass is 10.1. The molecule has 0 aromatic heterocycles. The maximum absolute atomic E-state index is 12.4. The zero-order valence-corrected chi connectivity index (χ0v) is 15.6. The smallest absolute Gasteiger partial charge is 0.410 e. The van der Waals surface area contributed by atoms with Gasteiger partial charge in [-0.05, 0) is 27.7 Å². The van der Waals surface area contributed by atoms with E-state index in [2.05, 4.69) is 5.32 Å². The number of carbonyl (C=O) groups excluding carboxylic acids is 3. The summed E-state index contributed by atoms with van der Waals surface area (Å²) in [6.45, 7) is 5.37. The Kier molecular flexibility index (Phi) is 6.89. The summed E-state index contributed by atoms with van der Waals surface area (Å²) in [5.74, 6) is -2.03. The Morgan fingerprint density at radius 3 is 2.42 bits per heavy atom. The number of nitrogens with zero attached hydrogens (tertiary/aromatic N) is 2. The summed E-state index contributed by atoms with van der Waals surface area (Å²) in [5.41, 5.74) is -0.652. The molecule has 0 aromatic rings. The molecule has 1 saturated heterocycles. The van der Waals surface area contributed by atoms with Gasteiger partial charge >= 0.3 is 12.3 Å². The van der Waals surface area contributed by atoms with Gasteiger partial charge in [0.1, 0.15) is 12.1 Å². The molecule has 7 nitrogen and oxygen atoms in total. The Labute approximate surface area is 150 Å². The van der Waals surface area contributed by atoms with Crippen molar-refractivity contribution in [2.24, 2.45) is 5.92 Å². The van der Waals surface area contributed by atoms with Crippen molar-refractivity contribution < 1.29 is 32.3 Å². The van der Waals surface area contributed by atoms with Crippen LogP contribution in [0, 0.1) is 5.92 Å². The van der Waals surface area contributed by atoms with Crippen LogP contribution >= 0.6 is 0 Å². The van der Waals surface area contributed by atoms with E-state index in [0.717, 1.165) is 0 Å². The van der Waals surface area contributed by atoms with E-state index in [-0.39, 0.29) is 19.5 Å². The van der Waals surface area contributed by atoms with Crippen LogP contribution in [0.4, 0.5) is 18.0 Å². The van der Waals surface area contributed by atoms with Gasteiger partial charge in [0.15, 0.2) is 0 Å². The number of ether oxygens (including phenoxy) is 1. The SMILES string of the molecule is CC(CNC(=O)C1CC(=O)N(CC(F)(F)F)C1)N(C)C(=O)OC(C)(C)C. The number of carbonyl (C=O) groups is 3. The molecule has 3 amide bonds. The van der Waals surface area contributed by atoms with E-state index in [4.69, 9.17) is 4.74 Å². The number of hydrogen-bond acceptors (Lipinski definition) is 4. The van der Waals surface area contributed by atoms with Crippen LogP contribution in [0.2, 0.25) is 0 Å². The Hall–Kier alpha value is -2.00. The van der Waals surface area contributed by atoms with Crippen molar-refractivity contribution in [2.75, 3.05) is 26.7 Å². The summed E-state index contributed by atoms with van der Waals surface area (Å²) in [5, 5.41) is 2.58. The topological polar surface area (TPSA) is 79.0 Å². The molecule has 1 aliphatic rings. The van der Waals surface area contributed by atoms with Crippen LogP contribution in [0.1, 0.15) is 34.1 Å². The number of alkyl halides is 3. The Balaban J connectivity index is 2.49. The highest BCUT2D eigenvalue weighted by atomic mass is 19.4. The fourth-order valence-electron chi connectivity index (χ4n) is 2.36. The van der Waals surface area contributed by atoms with Crippen molar-refractivity contribution in [3.8, 4) is 0 Å². The molecule has 0 aliphatic carbocycles. The standard InChI is InChI=1S/C16H26F3N3O4/c1-10(21(5)14(25)26-15(2,3)4)7-20-13(24)11-6-12(23)22(8-11)9-16(17,18)19/h10-11H,6-9H2,1-5H3,(H,20,24). The van der Waals surface area contributed by atoms with Crippen LogP contribution in [0.15, 0.2) is 0 Å². The second-order valence-corrected chi connectivity index (χ2v) is 7.48. The lowest BCUT2D eigenvalue weighted by Crippen LogP contribution is -2.46. The Morgan fingerprint density at radius 1 is 1.35 bits per heavy atom. The lowest BCUT2D eigenvalue weighted by Gasteiger charge is -2.29. The number of likely N-dealkylation sites (N-methyl/N-ethyl adjacent to an activating group) is 1. The van der Waals surface area contributed by atoms with Gasteiger partial charge in [-0.25, -0.2) is 4.79 Å². The molecule has 0 spiro atoms. The van der Waals surface area contributed by atoms with Crippen molar-refractivity contribution in [1.29, 1.82) is 0 Å². The highest BCUT2D eigenvalue weighted by Gasteiger charge is 2.40. The van der Waals surface area contributed by atoms with Crippen LogP contribution in [0.5, 0.6) is 0 Å². The van der Waals surface area contributed by atoms with Crippen molar-refractivity contribution in [3.05, 3.63) is 0 Å². The van der Waals surface area contributed by atoms with Crippen molar-refractivity contribution in [2.45, 2.75) is 51.9 Å². The summed E-state index contributed by atoms with van der Waals surface area (Å²) in [7, 11) is 1.52. The molecule has 0 aromatic carbocycles. The number of amides is 3. The highest BCUT2D eigenvalue weighted by molar-refractivity contribution is 5.89. The minimum Gasteiger partial charge on any atom is -0.444 e. The van der Waals surface area contributed by atoms with E-state index in [0.29, 0.717) is 4.90 Å². The maximum atomic E-state index is 12.4. The molecular formula is C16H26F3N3O4. The fraction of sp³-hybridized carbons (Fsp3) is 0.812. The monoisotopic (exact) mass is 381 g/mol. The van der Waals surface area contributed by atoms with Gasteiger partial charge < -0.3 is 19.9 Å². The molecule has 10 heteroatoms. The van der Waals surface area contributed by atoms with Crippen molar-refractivity contribution in [3.63, 3.8) is 0 Å². The van der Waals surface area contributed by atoms with Gasteiger partial charge in [0, 0.05) is 32.6 Å². The average Bonchev–Trinajstić information content (AvgIpc) is 2.81. The summed E-state index contributed by atoms with van der Waals surface area (Å²) in [6.07, 6.45) is -5.30. The Bertz CT molecular complexity index is 546. The van der Waals surface area contributed by atoms with Crippen molar-refractivity contribution >= 4 is 17.9 Å². The first kappa shape index (κ1) is 22.0. The number of likely N-dealkylation sites (tertiary alicyclic amines) is 1. The van der Waals surface area contributed by atoms with Crippen LogP contribution in [0.25, 0.3) is 0 Å². The molecule has 1 aliphatic heterocycles. The average molecular weight is 381 g/mol. The molecule has 0 bridgehead atoms. The molecule has 1 heterocycles. The molecule has 26 heavy (non-hydrogen) atoms. The molecule has 1 rings (SSSR count). The lowest BCUT2D eigenvalue weighted by molar-refractivity contribution is -0.157. The molecule has 2 unspecified atom stereocenters. The van der Waals surface area contributed by atoms with E-state index in [1.165, 1.54) is 11.9 Å². The maximum Gasteiger partial charge on any atom is 0.410 e. The van der Waals surface area contributed by atoms with Crippen molar-refractivity contribution in [1.82, 2.24) is 15.1 Å². The van der Waals surface area contributed by atoms with Gasteiger partial charge in [0.25, 0.3) is 0 Å². The largest absolute Gasteiger partial charge is 0.444 e. The number of halogens is 3. The first-order chi connectivity index (χ1) is 11.7. The highest BCUT2D eigenvalue weighted by Crippen LogP contribution is 2.24. The number of rotatable bonds is 5. The van der Waals surface area contributed by atoms with E-state index < -0.39 is 48.2 Å². The second kappa shape index (κ2) is 8.13. The van der Waals surface area contributed by atoms with Crippen LogP contribution in [-0.4, -0.2) is 72.2 Å². The summed E-state index contributed by atoms with van der Waals surface area (Å²) >= 11 is 0. The van der Waals surface area contributed by atoms with Gasteiger partial charge in [-0.2, -0.15) is 13.2 Å². The molecule has 0 radical (unpaired) electrons. The quantitative estimate of drug-likeness (QED) is 0.787. The van der Waals surface area contributed by atoms with Gasteiger partial charge in [-0.1, -0.05) is 0 Å². The molecular weight excluding hydrogens is 355 g/mol. The van der Waals surface area contributed by atoms with E-state index in [1.807, 2.05) is 0 Å². The van der Waals surface area contributed by atoms with E-state index in [9.17, 15) is 27.6 Å². The predicted octanol–water partition coefficient (Wildman–Crippen LogP) is 1.77. The first-order valence-corrected chi connectivity index (χ1v) is 8.27. The molecule has 1 N–H and O–H groups in total. The fourth-order valence-corrected chi connectivity index (χ4v) is 2.36. The summed E-state index contributed by atoms with van der Waals surface area (Å²) < 4.78 is 42.4. The van der Waals surface area contributed by atoms with Gasteiger partial charge in [0.05, 0.1) is 5.92 Å². The third-order valence-corrected chi connectivity index (χ3v) is 3.87. The Morgan fingerprint density at radius 2 is 1.92 bits per heavy atom.